The van der Waals surface area contributed by atoms with Crippen LogP contribution in [0.4, 0.5) is 10.7 Å². The standard InChI is InChI=1S/C23H18N4O5S/c24-12-13(11-14-9-10-18(32-14)15-5-1-3-7-17(15)27(30)31)22(29)26-23-20(21(25)28)16-6-2-4-8-19(16)33-23/h1,3,5,7,9-11H,2,4,6,8H2,(H2,25,28)(H,26,29). The Bertz CT molecular complexity index is 1350. The molecule has 9 nitrogen and oxygen atoms in total. The summed E-state index contributed by atoms with van der Waals surface area (Å²) in [4.78, 5) is 36.6. The van der Waals surface area contributed by atoms with Gasteiger partial charge in [-0.25, -0.2) is 0 Å². The summed E-state index contributed by atoms with van der Waals surface area (Å²) in [7, 11) is 0. The second-order valence-corrected chi connectivity index (χ2v) is 8.48. The van der Waals surface area contributed by atoms with Gasteiger partial charge in [-0.05, 0) is 49.4 Å². The van der Waals surface area contributed by atoms with E-state index >= 15 is 0 Å². The van der Waals surface area contributed by atoms with Crippen molar-refractivity contribution in [3.8, 4) is 17.4 Å². The molecule has 3 aromatic rings. The Kier molecular flexibility index (Phi) is 6.06. The summed E-state index contributed by atoms with van der Waals surface area (Å²) in [5, 5.41) is 23.8. The molecule has 0 aliphatic heterocycles. The minimum absolute atomic E-state index is 0.124. The van der Waals surface area contributed by atoms with Crippen LogP contribution in [0.2, 0.25) is 0 Å². The van der Waals surface area contributed by atoms with E-state index in [4.69, 9.17) is 10.2 Å². The number of nitriles is 1. The summed E-state index contributed by atoms with van der Waals surface area (Å²) in [6.45, 7) is 0. The van der Waals surface area contributed by atoms with Crippen LogP contribution in [-0.4, -0.2) is 16.7 Å². The van der Waals surface area contributed by atoms with E-state index in [9.17, 15) is 25.0 Å². The molecule has 0 radical (unpaired) electrons. The number of anilines is 1. The molecule has 3 N–H and O–H groups in total. The predicted octanol–water partition coefficient (Wildman–Crippen LogP) is 4.44. The Morgan fingerprint density at radius 1 is 1.21 bits per heavy atom. The van der Waals surface area contributed by atoms with Crippen molar-refractivity contribution in [3.63, 3.8) is 0 Å². The lowest BCUT2D eigenvalue weighted by Gasteiger charge is -2.11. The number of fused-ring (bicyclic) bond motifs is 1. The van der Waals surface area contributed by atoms with Crippen molar-refractivity contribution in [2.75, 3.05) is 5.32 Å². The summed E-state index contributed by atoms with van der Waals surface area (Å²) in [5.41, 5.74) is 6.64. The van der Waals surface area contributed by atoms with Gasteiger partial charge < -0.3 is 15.5 Å². The van der Waals surface area contributed by atoms with E-state index in [1.165, 1.54) is 35.6 Å². The van der Waals surface area contributed by atoms with Crippen molar-refractivity contribution in [1.82, 2.24) is 0 Å². The molecule has 0 spiro atoms. The van der Waals surface area contributed by atoms with Gasteiger partial charge in [0.2, 0.25) is 0 Å². The number of nitrogens with two attached hydrogens (primary N) is 1. The van der Waals surface area contributed by atoms with E-state index in [-0.39, 0.29) is 28.3 Å². The molecule has 0 bridgehead atoms. The lowest BCUT2D eigenvalue weighted by Crippen LogP contribution is -2.19. The number of nitro benzene ring substituents is 1. The number of aryl methyl sites for hydroxylation is 1. The number of primary amides is 1. The molecule has 10 heteroatoms. The topological polar surface area (TPSA) is 152 Å². The molecular formula is C23H18N4O5S. The van der Waals surface area contributed by atoms with Gasteiger partial charge in [0.15, 0.2) is 0 Å². The number of benzene rings is 1. The van der Waals surface area contributed by atoms with Crippen LogP contribution in [0.15, 0.2) is 46.4 Å². The molecule has 0 atom stereocenters. The van der Waals surface area contributed by atoms with E-state index in [1.807, 2.05) is 6.07 Å². The highest BCUT2D eigenvalue weighted by Crippen LogP contribution is 2.38. The lowest BCUT2D eigenvalue weighted by atomic mass is 9.95. The van der Waals surface area contributed by atoms with Gasteiger partial charge in [-0.1, -0.05) is 12.1 Å². The van der Waals surface area contributed by atoms with Crippen LogP contribution in [0.1, 0.15) is 39.4 Å². The van der Waals surface area contributed by atoms with Gasteiger partial charge in [0.1, 0.15) is 28.2 Å². The summed E-state index contributed by atoms with van der Waals surface area (Å²) < 4.78 is 5.64. The van der Waals surface area contributed by atoms with E-state index in [2.05, 4.69) is 5.32 Å². The number of nitro groups is 1. The average Bonchev–Trinajstić information content (AvgIpc) is 3.41. The van der Waals surface area contributed by atoms with Crippen molar-refractivity contribution in [3.05, 3.63) is 73.8 Å². The molecule has 0 saturated heterocycles. The molecule has 4 rings (SSSR count). The largest absolute Gasteiger partial charge is 0.456 e. The number of carbonyl (C=O) groups excluding carboxylic acids is 2. The Morgan fingerprint density at radius 3 is 2.70 bits per heavy atom. The van der Waals surface area contributed by atoms with Gasteiger partial charge in [-0.15, -0.1) is 11.3 Å². The van der Waals surface area contributed by atoms with E-state index < -0.39 is 16.7 Å². The van der Waals surface area contributed by atoms with Gasteiger partial charge in [0, 0.05) is 17.0 Å². The van der Waals surface area contributed by atoms with Crippen molar-refractivity contribution >= 4 is 39.9 Å². The van der Waals surface area contributed by atoms with Crippen molar-refractivity contribution in [1.29, 1.82) is 5.26 Å². The predicted molar refractivity (Wildman–Crippen MR) is 122 cm³/mol. The number of furan rings is 1. The number of nitrogens with zero attached hydrogens (tertiary/aromatic N) is 2. The maximum Gasteiger partial charge on any atom is 0.280 e. The zero-order chi connectivity index (χ0) is 23.5. The molecule has 2 heterocycles. The van der Waals surface area contributed by atoms with Crippen molar-refractivity contribution in [2.24, 2.45) is 5.73 Å². The van der Waals surface area contributed by atoms with Gasteiger partial charge in [0.05, 0.1) is 16.1 Å². The fourth-order valence-corrected chi connectivity index (χ4v) is 5.08. The first-order valence-electron chi connectivity index (χ1n) is 10.1. The molecular weight excluding hydrogens is 444 g/mol. The van der Waals surface area contributed by atoms with Gasteiger partial charge in [-0.3, -0.25) is 19.7 Å². The molecule has 33 heavy (non-hydrogen) atoms. The molecule has 1 aromatic carbocycles. The molecule has 2 aromatic heterocycles. The molecule has 2 amide bonds. The minimum Gasteiger partial charge on any atom is -0.456 e. The summed E-state index contributed by atoms with van der Waals surface area (Å²) >= 11 is 1.30. The molecule has 1 aliphatic rings. The molecule has 0 unspecified atom stereocenters. The monoisotopic (exact) mass is 462 g/mol. The van der Waals surface area contributed by atoms with Crippen LogP contribution in [0, 0.1) is 21.4 Å². The quantitative estimate of drug-likeness (QED) is 0.239. The SMILES string of the molecule is N#CC(=Cc1ccc(-c2ccccc2[N+](=O)[O-])o1)C(=O)Nc1sc2c(c1C(N)=O)CCCC2. The van der Waals surface area contributed by atoms with E-state index in [0.29, 0.717) is 10.6 Å². The maximum absolute atomic E-state index is 12.8. The van der Waals surface area contributed by atoms with Crippen LogP contribution in [0.5, 0.6) is 0 Å². The Hall–Kier alpha value is -4.23. The van der Waals surface area contributed by atoms with Crippen LogP contribution in [-0.2, 0) is 17.6 Å². The third-order valence-electron chi connectivity index (χ3n) is 5.29. The number of amides is 2. The highest BCUT2D eigenvalue weighted by Gasteiger charge is 2.26. The summed E-state index contributed by atoms with van der Waals surface area (Å²) in [5.74, 6) is -0.918. The second-order valence-electron chi connectivity index (χ2n) is 7.38. The number of hydrogen-bond donors (Lipinski definition) is 2. The van der Waals surface area contributed by atoms with Crippen LogP contribution in [0.25, 0.3) is 17.4 Å². The Morgan fingerprint density at radius 2 is 1.97 bits per heavy atom. The smallest absolute Gasteiger partial charge is 0.280 e. The van der Waals surface area contributed by atoms with E-state index in [1.54, 1.807) is 18.2 Å². The molecule has 0 saturated carbocycles. The first kappa shape index (κ1) is 22.0. The fourth-order valence-electron chi connectivity index (χ4n) is 3.79. The lowest BCUT2D eigenvalue weighted by molar-refractivity contribution is -0.384. The van der Waals surface area contributed by atoms with Gasteiger partial charge >= 0.3 is 0 Å². The van der Waals surface area contributed by atoms with Gasteiger partial charge in [-0.2, -0.15) is 5.26 Å². The second kappa shape index (κ2) is 9.10. The van der Waals surface area contributed by atoms with Crippen LogP contribution in [0.3, 0.4) is 0 Å². The summed E-state index contributed by atoms with van der Waals surface area (Å²) in [6, 6.07) is 11.0. The maximum atomic E-state index is 12.8. The molecule has 166 valence electrons. The molecule has 1 aliphatic carbocycles. The Balaban J connectivity index is 1.61. The normalized spacial score (nSPS) is 13.1. The highest BCUT2D eigenvalue weighted by atomic mass is 32.1. The number of hydrogen-bond acceptors (Lipinski definition) is 7. The highest BCUT2D eigenvalue weighted by molar-refractivity contribution is 7.17. The third kappa shape index (κ3) is 4.40. The average molecular weight is 462 g/mol. The van der Waals surface area contributed by atoms with Crippen LogP contribution >= 0.6 is 11.3 Å². The number of thiophene rings is 1. The first-order chi connectivity index (χ1) is 15.9. The zero-order valence-corrected chi connectivity index (χ0v) is 18.1. The van der Waals surface area contributed by atoms with Crippen molar-refractivity contribution < 1.29 is 18.9 Å². The van der Waals surface area contributed by atoms with Crippen molar-refractivity contribution in [2.45, 2.75) is 25.7 Å². The van der Waals surface area contributed by atoms with E-state index in [0.717, 1.165) is 36.1 Å². The molecule has 0 fully saturated rings. The van der Waals surface area contributed by atoms with Gasteiger partial charge in [0.25, 0.3) is 17.5 Å². The van der Waals surface area contributed by atoms with Crippen LogP contribution < -0.4 is 11.1 Å². The number of carbonyl (C=O) groups is 2. The third-order valence-corrected chi connectivity index (χ3v) is 6.50. The number of rotatable bonds is 6. The Labute approximate surface area is 192 Å². The first-order valence-corrected chi connectivity index (χ1v) is 10.9. The minimum atomic E-state index is -0.706. The number of nitrogens with one attached hydrogen (secondary N) is 1. The summed E-state index contributed by atoms with van der Waals surface area (Å²) in [6.07, 6.45) is 4.73. The number of para-hydroxylation sites is 1. The fraction of sp³-hybridized carbons (Fsp3) is 0.174. The zero-order valence-electron chi connectivity index (χ0n) is 17.3.